The van der Waals surface area contributed by atoms with Crippen molar-refractivity contribution < 1.29 is 14.0 Å². The van der Waals surface area contributed by atoms with Crippen LogP contribution in [0.1, 0.15) is 33.9 Å². The molecular formula is C32H25FN10O2. The highest BCUT2D eigenvalue weighted by molar-refractivity contribution is 6.07. The van der Waals surface area contributed by atoms with Crippen molar-refractivity contribution >= 4 is 34.5 Å². The number of fused-ring (bicyclic) bond motifs is 2. The summed E-state index contributed by atoms with van der Waals surface area (Å²) in [5, 5.41) is 13.9. The smallest absolute Gasteiger partial charge is 0.283 e. The van der Waals surface area contributed by atoms with E-state index in [0.29, 0.717) is 47.0 Å². The number of amides is 2. The molecule has 0 fully saturated rings. The van der Waals surface area contributed by atoms with Crippen molar-refractivity contribution in [1.29, 1.82) is 0 Å². The molecule has 1 aliphatic rings. The average molecular weight is 601 g/mol. The number of anilines is 2. The van der Waals surface area contributed by atoms with Crippen molar-refractivity contribution in [2.75, 3.05) is 11.1 Å². The molecule has 0 saturated carbocycles. The van der Waals surface area contributed by atoms with Crippen molar-refractivity contribution in [1.82, 2.24) is 39.8 Å². The Bertz CT molecular complexity index is 2120. The average Bonchev–Trinajstić information content (AvgIpc) is 3.80. The van der Waals surface area contributed by atoms with E-state index in [1.54, 1.807) is 48.9 Å². The molecule has 13 heteroatoms. The number of pyridine rings is 2. The van der Waals surface area contributed by atoms with Crippen LogP contribution >= 0.6 is 0 Å². The standard InChI is InChI=1S/C32H25FN10O2/c1-18(33)31(44)39-24-7-3-2-5-22(24)32(45)40-25-11-8-19-17-20(9-10-21(19)25)42-29(23-6-4-14-35-28(23)34)38-26-12-13-27(41-30(26)42)43-36-15-16-37-43/h2-7,9-10,12-17,25H,1,8,11H2,(H2,34,35)(H,39,44)(H,40,45). The van der Waals surface area contributed by atoms with Gasteiger partial charge in [0.2, 0.25) is 0 Å². The number of benzene rings is 2. The maximum absolute atomic E-state index is 13.3. The Hall–Kier alpha value is -6.24. The van der Waals surface area contributed by atoms with Gasteiger partial charge in [0.25, 0.3) is 11.8 Å². The number of nitrogens with two attached hydrogens (primary N) is 1. The predicted molar refractivity (Wildman–Crippen MR) is 165 cm³/mol. The molecule has 12 nitrogen and oxygen atoms in total. The monoisotopic (exact) mass is 600 g/mol. The van der Waals surface area contributed by atoms with Crippen LogP contribution in [0.4, 0.5) is 15.9 Å². The molecule has 1 aliphatic carbocycles. The number of nitrogens with zero attached hydrogens (tertiary/aromatic N) is 7. The molecule has 6 aromatic rings. The Balaban J connectivity index is 1.25. The van der Waals surface area contributed by atoms with Crippen LogP contribution in [0.2, 0.25) is 0 Å². The van der Waals surface area contributed by atoms with E-state index in [2.05, 4.69) is 38.5 Å². The van der Waals surface area contributed by atoms with E-state index in [0.717, 1.165) is 16.8 Å². The highest BCUT2D eigenvalue weighted by atomic mass is 19.1. The minimum atomic E-state index is -1.14. The predicted octanol–water partition coefficient (Wildman–Crippen LogP) is 4.48. The van der Waals surface area contributed by atoms with Crippen LogP contribution in [0.15, 0.2) is 97.7 Å². The third kappa shape index (κ3) is 5.05. The van der Waals surface area contributed by atoms with Crippen LogP contribution in [0.5, 0.6) is 0 Å². The number of carbonyl (C=O) groups excluding carboxylic acids is 2. The van der Waals surface area contributed by atoms with Crippen LogP contribution in [0.25, 0.3) is 34.1 Å². The normalized spacial score (nSPS) is 13.8. The number of carbonyl (C=O) groups is 2. The number of halogens is 1. The topological polar surface area (TPSA) is 159 Å². The quantitative estimate of drug-likeness (QED) is 0.226. The zero-order valence-corrected chi connectivity index (χ0v) is 23.7. The number of rotatable bonds is 7. The first kappa shape index (κ1) is 27.6. The van der Waals surface area contributed by atoms with Crippen LogP contribution in [-0.2, 0) is 11.2 Å². The summed E-state index contributed by atoms with van der Waals surface area (Å²) in [5.74, 6) is -1.11. The molecule has 1 unspecified atom stereocenters. The summed E-state index contributed by atoms with van der Waals surface area (Å²) in [6, 6.07) is 19.4. The second-order valence-corrected chi connectivity index (χ2v) is 10.4. The zero-order valence-electron chi connectivity index (χ0n) is 23.7. The van der Waals surface area contributed by atoms with E-state index in [-0.39, 0.29) is 17.3 Å². The van der Waals surface area contributed by atoms with E-state index in [9.17, 15) is 14.0 Å². The first-order chi connectivity index (χ1) is 21.9. The maximum Gasteiger partial charge on any atom is 0.283 e. The molecule has 1 atom stereocenters. The number of aromatic nitrogens is 7. The van der Waals surface area contributed by atoms with Gasteiger partial charge >= 0.3 is 0 Å². The number of nitrogens with one attached hydrogen (secondary N) is 2. The Morgan fingerprint density at radius 3 is 2.60 bits per heavy atom. The van der Waals surface area contributed by atoms with Gasteiger partial charge in [-0.15, -0.1) is 4.80 Å². The summed E-state index contributed by atoms with van der Waals surface area (Å²) in [7, 11) is 0. The van der Waals surface area contributed by atoms with E-state index >= 15 is 0 Å². The summed E-state index contributed by atoms with van der Waals surface area (Å²) < 4.78 is 15.2. The lowest BCUT2D eigenvalue weighted by molar-refractivity contribution is -0.114. The molecule has 2 aromatic carbocycles. The lowest BCUT2D eigenvalue weighted by Crippen LogP contribution is -2.28. The summed E-state index contributed by atoms with van der Waals surface area (Å²) in [6.45, 7) is 3.01. The highest BCUT2D eigenvalue weighted by Crippen LogP contribution is 2.36. The van der Waals surface area contributed by atoms with Crippen molar-refractivity contribution in [3.63, 3.8) is 0 Å². The van der Waals surface area contributed by atoms with Gasteiger partial charge in [-0.25, -0.2) is 19.3 Å². The fraction of sp³-hybridized carbons (Fsp3) is 0.0938. The minimum absolute atomic E-state index is 0.193. The van der Waals surface area contributed by atoms with Crippen LogP contribution < -0.4 is 16.4 Å². The molecule has 222 valence electrons. The Morgan fingerprint density at radius 1 is 0.978 bits per heavy atom. The van der Waals surface area contributed by atoms with Gasteiger partial charge in [-0.2, -0.15) is 10.2 Å². The zero-order chi connectivity index (χ0) is 31.1. The number of hydrogen-bond acceptors (Lipinski definition) is 8. The number of para-hydroxylation sites is 1. The highest BCUT2D eigenvalue weighted by Gasteiger charge is 2.27. The first-order valence-corrected chi connectivity index (χ1v) is 14.0. The molecule has 0 radical (unpaired) electrons. The second kappa shape index (κ2) is 11.1. The van der Waals surface area contributed by atoms with E-state index in [1.165, 1.54) is 10.9 Å². The van der Waals surface area contributed by atoms with Gasteiger partial charge in [-0.1, -0.05) is 24.8 Å². The van der Waals surface area contributed by atoms with Gasteiger partial charge < -0.3 is 16.4 Å². The Labute approximate surface area is 255 Å². The number of hydrogen-bond donors (Lipinski definition) is 3. The van der Waals surface area contributed by atoms with E-state index in [4.69, 9.17) is 15.7 Å². The van der Waals surface area contributed by atoms with Crippen LogP contribution in [0, 0.1) is 0 Å². The summed E-state index contributed by atoms with van der Waals surface area (Å²) in [4.78, 5) is 40.6. The molecule has 0 aliphatic heterocycles. The SMILES string of the molecule is C=C(F)C(=O)Nc1ccccc1C(=O)NC1CCc2cc(-n3c(-c4cccnc4N)nc4ccc(-n5nccn5)nc43)ccc21. The van der Waals surface area contributed by atoms with Crippen LogP contribution in [0.3, 0.4) is 0 Å². The van der Waals surface area contributed by atoms with Gasteiger partial charge in [-0.05, 0) is 72.5 Å². The molecule has 45 heavy (non-hydrogen) atoms. The molecule has 0 bridgehead atoms. The van der Waals surface area contributed by atoms with Crippen LogP contribution in [-0.4, -0.2) is 46.3 Å². The fourth-order valence-electron chi connectivity index (χ4n) is 5.53. The summed E-state index contributed by atoms with van der Waals surface area (Å²) in [6.07, 6.45) is 6.16. The van der Waals surface area contributed by atoms with Gasteiger partial charge in [0.1, 0.15) is 11.3 Å². The van der Waals surface area contributed by atoms with Crippen molar-refractivity contribution in [2.45, 2.75) is 18.9 Å². The molecule has 4 heterocycles. The van der Waals surface area contributed by atoms with Gasteiger partial charge in [-0.3, -0.25) is 14.2 Å². The maximum atomic E-state index is 13.3. The third-order valence-corrected chi connectivity index (χ3v) is 7.63. The lowest BCUT2D eigenvalue weighted by Gasteiger charge is -2.17. The molecule has 4 aromatic heterocycles. The molecular weight excluding hydrogens is 575 g/mol. The largest absolute Gasteiger partial charge is 0.383 e. The van der Waals surface area contributed by atoms with Gasteiger partial charge in [0.05, 0.1) is 35.2 Å². The fourth-order valence-corrected chi connectivity index (χ4v) is 5.53. The molecule has 0 saturated heterocycles. The molecule has 0 spiro atoms. The molecule has 4 N–H and O–H groups in total. The molecule has 7 rings (SSSR count). The second-order valence-electron chi connectivity index (χ2n) is 10.4. The number of aryl methyl sites for hydroxylation is 1. The Kier molecular flexibility index (Phi) is 6.81. The van der Waals surface area contributed by atoms with Crippen molar-refractivity contribution in [3.05, 3.63) is 114 Å². The van der Waals surface area contributed by atoms with E-state index in [1.807, 2.05) is 28.8 Å². The summed E-state index contributed by atoms with van der Waals surface area (Å²) >= 11 is 0. The number of nitrogen functional groups attached to an aromatic ring is 1. The third-order valence-electron chi connectivity index (χ3n) is 7.63. The summed E-state index contributed by atoms with van der Waals surface area (Å²) in [5.41, 5.74) is 11.4. The van der Waals surface area contributed by atoms with Crippen molar-refractivity contribution in [2.24, 2.45) is 0 Å². The van der Waals surface area contributed by atoms with Gasteiger partial charge in [0.15, 0.2) is 23.1 Å². The van der Waals surface area contributed by atoms with E-state index < -0.39 is 17.6 Å². The Morgan fingerprint density at radius 2 is 1.80 bits per heavy atom. The minimum Gasteiger partial charge on any atom is -0.383 e. The molecule has 2 amide bonds. The van der Waals surface area contributed by atoms with Gasteiger partial charge in [0, 0.05) is 11.9 Å². The number of imidazole rings is 1. The first-order valence-electron chi connectivity index (χ1n) is 14.0. The lowest BCUT2D eigenvalue weighted by atomic mass is 10.1. The van der Waals surface area contributed by atoms with Crippen molar-refractivity contribution in [3.8, 4) is 22.9 Å².